The van der Waals surface area contributed by atoms with Crippen molar-refractivity contribution in [3.8, 4) is 5.69 Å². The number of aryl methyl sites for hydroxylation is 1. The van der Waals surface area contributed by atoms with E-state index in [1.807, 2.05) is 6.92 Å². The Bertz CT molecular complexity index is 589. The maximum Gasteiger partial charge on any atom is 0.139 e. The summed E-state index contributed by atoms with van der Waals surface area (Å²) in [6, 6.07) is 3.05. The molecule has 0 aliphatic heterocycles. The Morgan fingerprint density at radius 2 is 2.06 bits per heavy atom. The van der Waals surface area contributed by atoms with Crippen LogP contribution in [0, 0.1) is 12.7 Å². The first-order valence-electron chi connectivity index (χ1n) is 5.40. The smallest absolute Gasteiger partial charge is 0.139 e. The highest BCUT2D eigenvalue weighted by atomic mass is 79.9. The Labute approximate surface area is 113 Å². The van der Waals surface area contributed by atoms with Gasteiger partial charge in [0.05, 0.1) is 16.4 Å². The van der Waals surface area contributed by atoms with E-state index >= 15 is 0 Å². The molecule has 0 amide bonds. The average Bonchev–Trinajstić information content (AvgIpc) is 2.72. The van der Waals surface area contributed by atoms with Gasteiger partial charge in [0, 0.05) is 6.07 Å². The van der Waals surface area contributed by atoms with Gasteiger partial charge in [0.1, 0.15) is 17.1 Å². The fourth-order valence-corrected chi connectivity index (χ4v) is 2.00. The van der Waals surface area contributed by atoms with E-state index in [1.54, 1.807) is 26.1 Å². The third-order valence-electron chi connectivity index (χ3n) is 2.61. The van der Waals surface area contributed by atoms with Crippen LogP contribution in [0.2, 0.25) is 0 Å². The molecule has 0 fully saturated rings. The fourth-order valence-electron chi connectivity index (χ4n) is 1.54. The van der Waals surface area contributed by atoms with Crippen LogP contribution in [0.25, 0.3) is 5.69 Å². The van der Waals surface area contributed by atoms with E-state index in [-0.39, 0.29) is 5.82 Å². The zero-order chi connectivity index (χ0) is 13.5. The third kappa shape index (κ3) is 2.44. The van der Waals surface area contributed by atoms with Crippen LogP contribution in [0.4, 0.5) is 4.39 Å². The molecule has 18 heavy (non-hydrogen) atoms. The number of rotatable bonds is 2. The zero-order valence-corrected chi connectivity index (χ0v) is 11.9. The summed E-state index contributed by atoms with van der Waals surface area (Å²) in [6.07, 6.45) is 1.59. The Kier molecular flexibility index (Phi) is 3.25. The summed E-state index contributed by atoms with van der Waals surface area (Å²) in [5.41, 5.74) is 0.819. The summed E-state index contributed by atoms with van der Waals surface area (Å²) in [5, 5.41) is 17.6. The number of hydrogen-bond donors (Lipinski definition) is 1. The quantitative estimate of drug-likeness (QED) is 0.927. The molecular weight excluding hydrogens is 301 g/mol. The van der Waals surface area contributed by atoms with Crippen LogP contribution in [0.5, 0.6) is 0 Å². The number of halogens is 2. The van der Waals surface area contributed by atoms with Crippen LogP contribution in [-0.4, -0.2) is 20.1 Å². The molecule has 0 atom stereocenters. The monoisotopic (exact) mass is 313 g/mol. The summed E-state index contributed by atoms with van der Waals surface area (Å²) >= 11 is 3.13. The van der Waals surface area contributed by atoms with Crippen molar-refractivity contribution >= 4 is 15.9 Å². The second-order valence-corrected chi connectivity index (χ2v) is 5.51. The van der Waals surface area contributed by atoms with Crippen LogP contribution in [0.1, 0.15) is 25.1 Å². The lowest BCUT2D eigenvalue weighted by atomic mass is 10.1. The van der Waals surface area contributed by atoms with Crippen molar-refractivity contribution in [1.82, 2.24) is 15.0 Å². The van der Waals surface area contributed by atoms with E-state index in [1.165, 1.54) is 10.7 Å². The standard InChI is InChI=1S/C12H13BrFN3O/c1-7-4-8(13)9(14)5-10(7)17-6-11(15-16-17)12(2,3)18/h4-6,18H,1-3H3. The van der Waals surface area contributed by atoms with Gasteiger partial charge in [-0.25, -0.2) is 9.07 Å². The lowest BCUT2D eigenvalue weighted by Gasteiger charge is -2.12. The molecule has 0 spiro atoms. The Morgan fingerprint density at radius 1 is 1.39 bits per heavy atom. The molecule has 0 bridgehead atoms. The number of aromatic nitrogens is 3. The van der Waals surface area contributed by atoms with Gasteiger partial charge in [0.2, 0.25) is 0 Å². The van der Waals surface area contributed by atoms with Crippen LogP contribution >= 0.6 is 15.9 Å². The molecule has 0 aliphatic rings. The molecule has 1 aromatic heterocycles. The SMILES string of the molecule is Cc1cc(Br)c(F)cc1-n1cc(C(C)(C)O)nn1. The third-order valence-corrected chi connectivity index (χ3v) is 3.21. The van der Waals surface area contributed by atoms with Gasteiger partial charge in [-0.1, -0.05) is 5.21 Å². The van der Waals surface area contributed by atoms with Crippen molar-refractivity contribution < 1.29 is 9.50 Å². The van der Waals surface area contributed by atoms with Crippen molar-refractivity contribution in [3.05, 3.63) is 39.9 Å². The van der Waals surface area contributed by atoms with Gasteiger partial charge in [-0.2, -0.15) is 0 Å². The summed E-state index contributed by atoms with van der Waals surface area (Å²) in [5.74, 6) is -0.365. The largest absolute Gasteiger partial charge is 0.384 e. The van der Waals surface area contributed by atoms with Gasteiger partial charge >= 0.3 is 0 Å². The number of nitrogens with zero attached hydrogens (tertiary/aromatic N) is 3. The number of benzene rings is 1. The van der Waals surface area contributed by atoms with Gasteiger partial charge in [0.25, 0.3) is 0 Å². The molecule has 0 aliphatic carbocycles. The lowest BCUT2D eigenvalue weighted by molar-refractivity contribution is 0.0737. The highest BCUT2D eigenvalue weighted by molar-refractivity contribution is 9.10. The predicted molar refractivity (Wildman–Crippen MR) is 69.0 cm³/mol. The van der Waals surface area contributed by atoms with E-state index in [0.29, 0.717) is 15.9 Å². The highest BCUT2D eigenvalue weighted by Crippen LogP contribution is 2.24. The van der Waals surface area contributed by atoms with Crippen molar-refractivity contribution in [3.63, 3.8) is 0 Å². The van der Waals surface area contributed by atoms with Gasteiger partial charge < -0.3 is 5.11 Å². The van der Waals surface area contributed by atoms with Crippen molar-refractivity contribution in [2.45, 2.75) is 26.4 Å². The second-order valence-electron chi connectivity index (χ2n) is 4.66. The molecule has 1 aromatic carbocycles. The van der Waals surface area contributed by atoms with Crippen molar-refractivity contribution in [2.75, 3.05) is 0 Å². The van der Waals surface area contributed by atoms with Crippen molar-refractivity contribution in [1.29, 1.82) is 0 Å². The highest BCUT2D eigenvalue weighted by Gasteiger charge is 2.21. The number of hydrogen-bond acceptors (Lipinski definition) is 3. The van der Waals surface area contributed by atoms with Crippen LogP contribution < -0.4 is 0 Å². The molecule has 0 saturated carbocycles. The minimum absolute atomic E-state index is 0.365. The Hall–Kier alpha value is -1.27. The first kappa shape index (κ1) is 13.2. The summed E-state index contributed by atoms with van der Waals surface area (Å²) in [4.78, 5) is 0. The van der Waals surface area contributed by atoms with Gasteiger partial charge in [-0.15, -0.1) is 5.10 Å². The Morgan fingerprint density at radius 3 is 2.61 bits per heavy atom. The molecule has 2 rings (SSSR count). The van der Waals surface area contributed by atoms with Crippen LogP contribution in [-0.2, 0) is 5.60 Å². The molecule has 6 heteroatoms. The molecule has 0 saturated heterocycles. The van der Waals surface area contributed by atoms with Crippen LogP contribution in [0.15, 0.2) is 22.8 Å². The topological polar surface area (TPSA) is 50.9 Å². The summed E-state index contributed by atoms with van der Waals surface area (Å²) < 4.78 is 15.4. The molecular formula is C12H13BrFN3O. The molecule has 96 valence electrons. The van der Waals surface area contributed by atoms with Gasteiger partial charge in [0.15, 0.2) is 0 Å². The van der Waals surface area contributed by atoms with Crippen molar-refractivity contribution in [2.24, 2.45) is 0 Å². The molecule has 0 radical (unpaired) electrons. The maximum atomic E-state index is 13.5. The first-order valence-corrected chi connectivity index (χ1v) is 6.19. The first-order chi connectivity index (χ1) is 8.29. The second kappa shape index (κ2) is 4.44. The van der Waals surface area contributed by atoms with E-state index < -0.39 is 5.60 Å². The molecule has 1 heterocycles. The lowest BCUT2D eigenvalue weighted by Crippen LogP contribution is -2.15. The van der Waals surface area contributed by atoms with Crippen LogP contribution in [0.3, 0.4) is 0 Å². The minimum atomic E-state index is -1.07. The van der Waals surface area contributed by atoms with E-state index in [2.05, 4.69) is 26.2 Å². The maximum absolute atomic E-state index is 13.5. The molecule has 0 unspecified atom stereocenters. The summed E-state index contributed by atoms with van der Waals surface area (Å²) in [6.45, 7) is 5.09. The normalized spacial score (nSPS) is 11.9. The predicted octanol–water partition coefficient (Wildman–Crippen LogP) is 2.70. The fraction of sp³-hybridized carbons (Fsp3) is 0.333. The van der Waals surface area contributed by atoms with Gasteiger partial charge in [-0.3, -0.25) is 0 Å². The molecule has 4 nitrogen and oxygen atoms in total. The average molecular weight is 314 g/mol. The number of aliphatic hydroxyl groups is 1. The zero-order valence-electron chi connectivity index (χ0n) is 10.3. The molecule has 2 aromatic rings. The van der Waals surface area contributed by atoms with E-state index in [4.69, 9.17) is 0 Å². The van der Waals surface area contributed by atoms with E-state index in [0.717, 1.165) is 5.56 Å². The molecule has 1 N–H and O–H groups in total. The Balaban J connectivity index is 2.50. The van der Waals surface area contributed by atoms with E-state index in [9.17, 15) is 9.50 Å². The van der Waals surface area contributed by atoms with Gasteiger partial charge in [-0.05, 0) is 48.3 Å². The summed E-state index contributed by atoms with van der Waals surface area (Å²) in [7, 11) is 0. The minimum Gasteiger partial charge on any atom is -0.384 e.